The molecule has 0 spiro atoms. The first-order valence-corrected chi connectivity index (χ1v) is 7.95. The van der Waals surface area contributed by atoms with Gasteiger partial charge in [-0.05, 0) is 23.6 Å². The van der Waals surface area contributed by atoms with Crippen molar-refractivity contribution in [1.29, 1.82) is 0 Å². The van der Waals surface area contributed by atoms with Gasteiger partial charge >= 0.3 is 0 Å². The van der Waals surface area contributed by atoms with Crippen molar-refractivity contribution < 1.29 is 8.42 Å². The molecule has 19 heavy (non-hydrogen) atoms. The lowest BCUT2D eigenvalue weighted by atomic mass is 10.0. The zero-order valence-corrected chi connectivity index (χ0v) is 13.2. The second-order valence-corrected chi connectivity index (χ2v) is 7.47. The highest BCUT2D eigenvalue weighted by atomic mass is 32.2. The van der Waals surface area contributed by atoms with E-state index < -0.39 is 10.0 Å². The van der Waals surface area contributed by atoms with Crippen LogP contribution < -0.4 is 5.32 Å². The average molecular weight is 284 g/mol. The summed E-state index contributed by atoms with van der Waals surface area (Å²) in [6, 6.07) is 7.59. The number of benzene rings is 1. The monoisotopic (exact) mass is 284 g/mol. The predicted molar refractivity (Wildman–Crippen MR) is 78.9 cm³/mol. The van der Waals surface area contributed by atoms with Crippen LogP contribution in [0.3, 0.4) is 0 Å². The van der Waals surface area contributed by atoms with Crippen molar-refractivity contribution in [3.63, 3.8) is 0 Å². The van der Waals surface area contributed by atoms with E-state index in [9.17, 15) is 8.42 Å². The lowest BCUT2D eigenvalue weighted by Gasteiger charge is -2.16. The number of hydrogen-bond donors (Lipinski definition) is 1. The van der Waals surface area contributed by atoms with E-state index in [2.05, 4.69) is 26.1 Å². The Bertz CT molecular complexity index is 493. The maximum Gasteiger partial charge on any atom is 0.242 e. The van der Waals surface area contributed by atoms with Crippen LogP contribution in [0.25, 0.3) is 0 Å². The van der Waals surface area contributed by atoms with Gasteiger partial charge in [0, 0.05) is 26.7 Å². The third-order valence-corrected chi connectivity index (χ3v) is 4.89. The van der Waals surface area contributed by atoms with Crippen LogP contribution in [-0.2, 0) is 10.0 Å². The Morgan fingerprint density at radius 1 is 1.11 bits per heavy atom. The van der Waals surface area contributed by atoms with Crippen molar-refractivity contribution in [3.8, 4) is 0 Å². The van der Waals surface area contributed by atoms with Crippen LogP contribution in [0.4, 0.5) is 0 Å². The number of nitrogens with one attached hydrogen (secondary N) is 1. The van der Waals surface area contributed by atoms with Crippen LogP contribution in [0.5, 0.6) is 0 Å². The maximum absolute atomic E-state index is 11.9. The van der Waals surface area contributed by atoms with Crippen molar-refractivity contribution in [2.75, 3.05) is 20.6 Å². The Morgan fingerprint density at radius 2 is 1.63 bits per heavy atom. The smallest absolute Gasteiger partial charge is 0.242 e. The Labute approximate surface area is 116 Å². The average Bonchev–Trinajstić information content (AvgIpc) is 2.35. The molecule has 0 radical (unpaired) electrons. The first-order valence-electron chi connectivity index (χ1n) is 6.51. The Hall–Kier alpha value is -0.910. The second kappa shape index (κ2) is 6.50. The molecule has 0 bridgehead atoms. The van der Waals surface area contributed by atoms with Gasteiger partial charge in [-0.15, -0.1) is 0 Å². The van der Waals surface area contributed by atoms with E-state index in [1.807, 2.05) is 12.1 Å². The third kappa shape index (κ3) is 4.30. The van der Waals surface area contributed by atoms with Gasteiger partial charge in [0.1, 0.15) is 0 Å². The van der Waals surface area contributed by atoms with E-state index >= 15 is 0 Å². The van der Waals surface area contributed by atoms with Crippen molar-refractivity contribution >= 4 is 10.0 Å². The van der Waals surface area contributed by atoms with Crippen LogP contribution >= 0.6 is 0 Å². The van der Waals surface area contributed by atoms with E-state index in [-0.39, 0.29) is 0 Å². The van der Waals surface area contributed by atoms with E-state index in [1.165, 1.54) is 4.31 Å². The molecule has 0 saturated heterocycles. The molecular formula is C14H24N2O2S. The van der Waals surface area contributed by atoms with Gasteiger partial charge in [0.05, 0.1) is 4.90 Å². The molecule has 0 fully saturated rings. The minimum Gasteiger partial charge on any atom is -0.314 e. The quantitative estimate of drug-likeness (QED) is 0.869. The molecule has 4 nitrogen and oxygen atoms in total. The Balaban J connectivity index is 2.82. The molecule has 0 saturated carbocycles. The summed E-state index contributed by atoms with van der Waals surface area (Å²) in [6.07, 6.45) is 0. The maximum atomic E-state index is 11.9. The van der Waals surface area contributed by atoms with Gasteiger partial charge in [0.15, 0.2) is 0 Å². The van der Waals surface area contributed by atoms with Gasteiger partial charge in [0.25, 0.3) is 0 Å². The SMILES string of the molecule is CC(C)NCC(C)c1ccc(S(=O)(=O)N(C)C)cc1. The number of hydrogen-bond acceptors (Lipinski definition) is 3. The molecule has 0 aliphatic heterocycles. The van der Waals surface area contributed by atoms with Crippen LogP contribution in [0.2, 0.25) is 0 Å². The summed E-state index contributed by atoms with van der Waals surface area (Å²) < 4.78 is 25.1. The van der Waals surface area contributed by atoms with Crippen LogP contribution in [0.1, 0.15) is 32.3 Å². The van der Waals surface area contributed by atoms with Crippen molar-refractivity contribution in [2.45, 2.75) is 37.6 Å². The number of sulfonamides is 1. The predicted octanol–water partition coefficient (Wildman–Crippen LogP) is 2.04. The van der Waals surface area contributed by atoms with Gasteiger partial charge < -0.3 is 5.32 Å². The topological polar surface area (TPSA) is 49.4 Å². The van der Waals surface area contributed by atoms with Crippen molar-refractivity contribution in [1.82, 2.24) is 9.62 Å². The molecule has 0 aliphatic rings. The van der Waals surface area contributed by atoms with Gasteiger partial charge in [-0.3, -0.25) is 0 Å². The second-order valence-electron chi connectivity index (χ2n) is 5.32. The molecule has 1 unspecified atom stereocenters. The van der Waals surface area contributed by atoms with E-state index in [0.29, 0.717) is 16.9 Å². The first kappa shape index (κ1) is 16.1. The summed E-state index contributed by atoms with van der Waals surface area (Å²) in [5.74, 6) is 0.360. The standard InChI is InChI=1S/C14H24N2O2S/c1-11(2)15-10-12(3)13-6-8-14(9-7-13)19(17,18)16(4)5/h6-9,11-12,15H,10H2,1-5H3. The molecule has 0 amide bonds. The first-order chi connectivity index (χ1) is 8.75. The highest BCUT2D eigenvalue weighted by Crippen LogP contribution is 2.19. The van der Waals surface area contributed by atoms with Crippen LogP contribution in [0, 0.1) is 0 Å². The van der Waals surface area contributed by atoms with Crippen molar-refractivity contribution in [2.24, 2.45) is 0 Å². The van der Waals surface area contributed by atoms with Gasteiger partial charge in [0.2, 0.25) is 10.0 Å². The van der Waals surface area contributed by atoms with Crippen molar-refractivity contribution in [3.05, 3.63) is 29.8 Å². The molecule has 1 N–H and O–H groups in total. The zero-order valence-electron chi connectivity index (χ0n) is 12.3. The lowest BCUT2D eigenvalue weighted by Crippen LogP contribution is -2.27. The van der Waals surface area contributed by atoms with E-state index in [0.717, 1.165) is 12.1 Å². The minimum atomic E-state index is -3.33. The highest BCUT2D eigenvalue weighted by molar-refractivity contribution is 7.89. The highest BCUT2D eigenvalue weighted by Gasteiger charge is 2.17. The lowest BCUT2D eigenvalue weighted by molar-refractivity contribution is 0.520. The summed E-state index contributed by atoms with van der Waals surface area (Å²) in [5.41, 5.74) is 1.14. The fraction of sp³-hybridized carbons (Fsp3) is 0.571. The summed E-state index contributed by atoms with van der Waals surface area (Å²) in [7, 11) is -0.247. The fourth-order valence-corrected chi connectivity index (χ4v) is 2.61. The molecule has 1 rings (SSSR count). The Kier molecular flexibility index (Phi) is 5.52. The molecule has 0 heterocycles. The molecule has 1 atom stereocenters. The van der Waals surface area contributed by atoms with E-state index in [4.69, 9.17) is 0 Å². The largest absolute Gasteiger partial charge is 0.314 e. The zero-order chi connectivity index (χ0) is 14.6. The molecule has 108 valence electrons. The molecule has 1 aromatic carbocycles. The number of nitrogens with zero attached hydrogens (tertiary/aromatic N) is 1. The number of rotatable bonds is 6. The summed E-state index contributed by atoms with van der Waals surface area (Å²) in [4.78, 5) is 0.338. The summed E-state index contributed by atoms with van der Waals surface area (Å²) in [5, 5.41) is 3.38. The fourth-order valence-electron chi connectivity index (χ4n) is 1.71. The van der Waals surface area contributed by atoms with Crippen LogP contribution in [0.15, 0.2) is 29.2 Å². The molecular weight excluding hydrogens is 260 g/mol. The van der Waals surface area contributed by atoms with Gasteiger partial charge in [-0.2, -0.15) is 0 Å². The van der Waals surface area contributed by atoms with Gasteiger partial charge in [-0.25, -0.2) is 12.7 Å². The van der Waals surface area contributed by atoms with Gasteiger partial charge in [-0.1, -0.05) is 32.9 Å². The summed E-state index contributed by atoms with van der Waals surface area (Å²) in [6.45, 7) is 7.24. The Morgan fingerprint density at radius 3 is 2.05 bits per heavy atom. The normalized spacial score (nSPS) is 14.1. The van der Waals surface area contributed by atoms with Crippen LogP contribution in [-0.4, -0.2) is 39.4 Å². The third-order valence-electron chi connectivity index (χ3n) is 3.06. The molecule has 1 aromatic rings. The minimum absolute atomic E-state index is 0.338. The van der Waals surface area contributed by atoms with E-state index in [1.54, 1.807) is 26.2 Å². The summed E-state index contributed by atoms with van der Waals surface area (Å²) >= 11 is 0. The molecule has 0 aromatic heterocycles. The molecule has 0 aliphatic carbocycles. The molecule has 5 heteroatoms.